The summed E-state index contributed by atoms with van der Waals surface area (Å²) in [6.45, 7) is 3.73. The summed E-state index contributed by atoms with van der Waals surface area (Å²) in [5.74, 6) is -1.57. The summed E-state index contributed by atoms with van der Waals surface area (Å²) in [4.78, 5) is 11.3. The van der Waals surface area contributed by atoms with Crippen LogP contribution in [0.25, 0.3) is 0 Å². The second-order valence-corrected chi connectivity index (χ2v) is 8.19. The van der Waals surface area contributed by atoms with Crippen LogP contribution in [0, 0.1) is 12.8 Å². The molecule has 1 N–H and O–H groups in total. The lowest BCUT2D eigenvalue weighted by molar-refractivity contribution is -0.143. The Morgan fingerprint density at radius 1 is 1.38 bits per heavy atom. The first-order valence-corrected chi connectivity index (χ1v) is 8.97. The van der Waals surface area contributed by atoms with Gasteiger partial charge >= 0.3 is 5.97 Å². The number of carbonyl (C=O) groups is 1. The number of sulfonamides is 1. The fourth-order valence-electron chi connectivity index (χ4n) is 2.48. The average molecular weight is 376 g/mol. The first kappa shape index (κ1) is 16.5. The maximum absolute atomic E-state index is 12.7. The molecule has 2 rings (SSSR count). The quantitative estimate of drug-likeness (QED) is 0.880. The number of aliphatic carboxylic acids is 1. The van der Waals surface area contributed by atoms with Crippen molar-refractivity contribution in [3.05, 3.63) is 28.2 Å². The summed E-state index contributed by atoms with van der Waals surface area (Å²) < 4.78 is 27.5. The number of halogens is 1. The van der Waals surface area contributed by atoms with E-state index >= 15 is 0 Å². The van der Waals surface area contributed by atoms with E-state index in [1.807, 2.05) is 13.8 Å². The minimum atomic E-state index is -3.68. The molecule has 5 nitrogen and oxygen atoms in total. The van der Waals surface area contributed by atoms with Gasteiger partial charge in [-0.1, -0.05) is 22.0 Å². The summed E-state index contributed by atoms with van der Waals surface area (Å²) in [7, 11) is -3.68. The van der Waals surface area contributed by atoms with Gasteiger partial charge in [-0.15, -0.1) is 0 Å². The van der Waals surface area contributed by atoms with Gasteiger partial charge < -0.3 is 5.11 Å². The Morgan fingerprint density at radius 3 is 2.62 bits per heavy atom. The summed E-state index contributed by atoms with van der Waals surface area (Å²) >= 11 is 3.34. The minimum absolute atomic E-state index is 0.0321. The van der Waals surface area contributed by atoms with Gasteiger partial charge in [0, 0.05) is 17.1 Å². The number of piperidine rings is 1. The van der Waals surface area contributed by atoms with E-state index < -0.39 is 21.9 Å². The molecular formula is C14H18BrNO4S. The van der Waals surface area contributed by atoms with Crippen LogP contribution in [-0.2, 0) is 14.8 Å². The maximum Gasteiger partial charge on any atom is 0.307 e. The number of carboxylic acids is 1. The summed E-state index contributed by atoms with van der Waals surface area (Å²) in [5, 5.41) is 9.13. The highest BCUT2D eigenvalue weighted by atomic mass is 79.9. The highest BCUT2D eigenvalue weighted by Crippen LogP contribution is 2.30. The number of benzene rings is 1. The monoisotopic (exact) mass is 375 g/mol. The Bertz CT molecular complexity index is 659. The van der Waals surface area contributed by atoms with Crippen LogP contribution < -0.4 is 0 Å². The lowest BCUT2D eigenvalue weighted by Gasteiger charge is -2.35. The molecular weight excluding hydrogens is 358 g/mol. The predicted octanol–water partition coefficient (Wildman–Crippen LogP) is 2.63. The topological polar surface area (TPSA) is 74.7 Å². The largest absolute Gasteiger partial charge is 0.481 e. The van der Waals surface area contributed by atoms with Crippen LogP contribution in [0.2, 0.25) is 0 Å². The molecule has 0 amide bonds. The second-order valence-electron chi connectivity index (χ2n) is 5.45. The molecule has 1 fully saturated rings. The summed E-state index contributed by atoms with van der Waals surface area (Å²) in [6, 6.07) is 4.68. The highest BCUT2D eigenvalue weighted by molar-refractivity contribution is 9.10. The van der Waals surface area contributed by atoms with Crippen LogP contribution in [0.1, 0.15) is 25.3 Å². The normalized spacial score (nSPS) is 24.0. The van der Waals surface area contributed by atoms with Crippen LogP contribution in [0.15, 0.2) is 27.6 Å². The SMILES string of the molecule is Cc1ccc(S(=O)(=O)N2CC(C(=O)O)CCC2C)cc1Br. The highest BCUT2D eigenvalue weighted by Gasteiger charge is 2.37. The zero-order valence-corrected chi connectivity index (χ0v) is 14.3. The lowest BCUT2D eigenvalue weighted by Crippen LogP contribution is -2.47. The lowest BCUT2D eigenvalue weighted by atomic mass is 9.96. The van der Waals surface area contributed by atoms with E-state index in [2.05, 4.69) is 15.9 Å². The molecule has 0 aromatic heterocycles. The van der Waals surface area contributed by atoms with Crippen LogP contribution >= 0.6 is 15.9 Å². The van der Waals surface area contributed by atoms with E-state index in [1.165, 1.54) is 4.31 Å². The van der Waals surface area contributed by atoms with Crippen molar-refractivity contribution in [2.24, 2.45) is 5.92 Å². The second kappa shape index (κ2) is 6.06. The van der Waals surface area contributed by atoms with E-state index in [-0.39, 0.29) is 17.5 Å². The van der Waals surface area contributed by atoms with E-state index in [4.69, 9.17) is 5.11 Å². The predicted molar refractivity (Wildman–Crippen MR) is 82.6 cm³/mol. The Balaban J connectivity index is 2.36. The summed E-state index contributed by atoms with van der Waals surface area (Å²) in [6.07, 6.45) is 1.07. The van der Waals surface area contributed by atoms with Crippen LogP contribution in [0.5, 0.6) is 0 Å². The molecule has 0 radical (unpaired) electrons. The fourth-order valence-corrected chi connectivity index (χ4v) is 4.74. The van der Waals surface area contributed by atoms with Crippen molar-refractivity contribution in [3.63, 3.8) is 0 Å². The fraction of sp³-hybridized carbons (Fsp3) is 0.500. The van der Waals surface area contributed by atoms with Crippen molar-refractivity contribution in [2.75, 3.05) is 6.54 Å². The van der Waals surface area contributed by atoms with Crippen LogP contribution in [0.3, 0.4) is 0 Å². The van der Waals surface area contributed by atoms with E-state index in [0.717, 1.165) is 10.0 Å². The Kier molecular flexibility index (Phi) is 4.75. The smallest absolute Gasteiger partial charge is 0.307 e. The van der Waals surface area contributed by atoms with E-state index in [0.29, 0.717) is 12.8 Å². The standard InChI is InChI=1S/C14H18BrNO4S/c1-9-3-6-12(7-13(9)15)21(19,20)16-8-11(14(17)18)5-4-10(16)2/h3,6-7,10-11H,4-5,8H2,1-2H3,(H,17,18). The number of hydrogen-bond donors (Lipinski definition) is 1. The average Bonchev–Trinajstić information content (AvgIpc) is 2.41. The number of hydrogen-bond acceptors (Lipinski definition) is 3. The Labute approximate surface area is 133 Å². The molecule has 1 aliphatic heterocycles. The van der Waals surface area contributed by atoms with Gasteiger partial charge in [-0.05, 0) is 44.4 Å². The van der Waals surface area contributed by atoms with Crippen molar-refractivity contribution in [2.45, 2.75) is 37.6 Å². The van der Waals surface area contributed by atoms with Crippen LogP contribution in [0.4, 0.5) is 0 Å². The first-order chi connectivity index (χ1) is 9.73. The minimum Gasteiger partial charge on any atom is -0.481 e. The van der Waals surface area contributed by atoms with Crippen LogP contribution in [-0.4, -0.2) is 36.4 Å². The van der Waals surface area contributed by atoms with E-state index in [9.17, 15) is 13.2 Å². The molecule has 7 heteroatoms. The van der Waals surface area contributed by atoms with Gasteiger partial charge in [0.05, 0.1) is 10.8 Å². The molecule has 0 aliphatic carbocycles. The number of carboxylic acid groups (broad SMARTS) is 1. The molecule has 2 unspecified atom stereocenters. The number of nitrogens with zero attached hydrogens (tertiary/aromatic N) is 1. The van der Waals surface area contributed by atoms with Crippen molar-refractivity contribution in [1.29, 1.82) is 0 Å². The first-order valence-electron chi connectivity index (χ1n) is 6.74. The molecule has 0 saturated carbocycles. The van der Waals surface area contributed by atoms with Crippen molar-refractivity contribution < 1.29 is 18.3 Å². The molecule has 21 heavy (non-hydrogen) atoms. The third-order valence-electron chi connectivity index (χ3n) is 3.92. The number of aryl methyl sites for hydroxylation is 1. The molecule has 0 spiro atoms. The van der Waals surface area contributed by atoms with Gasteiger partial charge in [0.1, 0.15) is 0 Å². The molecule has 116 valence electrons. The maximum atomic E-state index is 12.7. The zero-order valence-electron chi connectivity index (χ0n) is 11.9. The molecule has 0 bridgehead atoms. The third-order valence-corrected chi connectivity index (χ3v) is 6.75. The Hall–Kier alpha value is -0.920. The van der Waals surface area contributed by atoms with Gasteiger partial charge in [0.15, 0.2) is 0 Å². The van der Waals surface area contributed by atoms with E-state index in [1.54, 1.807) is 18.2 Å². The molecule has 1 aromatic carbocycles. The van der Waals surface area contributed by atoms with Gasteiger partial charge in [-0.3, -0.25) is 4.79 Å². The molecule has 1 heterocycles. The van der Waals surface area contributed by atoms with Crippen molar-refractivity contribution in [1.82, 2.24) is 4.31 Å². The Morgan fingerprint density at radius 2 is 2.05 bits per heavy atom. The summed E-state index contributed by atoms with van der Waals surface area (Å²) in [5.41, 5.74) is 0.948. The number of rotatable bonds is 3. The van der Waals surface area contributed by atoms with Gasteiger partial charge in [-0.2, -0.15) is 4.31 Å². The third kappa shape index (κ3) is 3.30. The zero-order chi connectivity index (χ0) is 15.8. The van der Waals surface area contributed by atoms with Gasteiger partial charge in [0.2, 0.25) is 10.0 Å². The van der Waals surface area contributed by atoms with Crippen molar-refractivity contribution in [3.8, 4) is 0 Å². The van der Waals surface area contributed by atoms with Gasteiger partial charge in [0.25, 0.3) is 0 Å². The molecule has 1 aliphatic rings. The molecule has 2 atom stereocenters. The van der Waals surface area contributed by atoms with Crippen molar-refractivity contribution >= 4 is 31.9 Å². The molecule has 1 saturated heterocycles. The molecule has 1 aromatic rings. The van der Waals surface area contributed by atoms with Gasteiger partial charge in [-0.25, -0.2) is 8.42 Å².